The standard InChI is InChI=1S/C4H4N2O4/c7-1-3-4(2-8)6(9)10-5-3/h2,7H,1H2. The first-order valence-corrected chi connectivity index (χ1v) is 2.44. The molecule has 1 aromatic heterocycles. The zero-order valence-electron chi connectivity index (χ0n) is 4.85. The molecule has 0 saturated heterocycles. The summed E-state index contributed by atoms with van der Waals surface area (Å²) in [6, 6.07) is 0. The Bertz CT molecular complexity index is 243. The molecule has 0 saturated carbocycles. The molecule has 0 unspecified atom stereocenters. The molecule has 0 fully saturated rings. The second kappa shape index (κ2) is 2.44. The fourth-order valence-corrected chi connectivity index (χ4v) is 0.503. The zero-order valence-corrected chi connectivity index (χ0v) is 4.85. The molecule has 0 aromatic carbocycles. The first kappa shape index (κ1) is 6.69. The molecule has 6 nitrogen and oxygen atoms in total. The highest BCUT2D eigenvalue weighted by molar-refractivity contribution is 5.70. The summed E-state index contributed by atoms with van der Waals surface area (Å²) in [5.41, 5.74) is -0.340. The molecule has 54 valence electrons. The third-order valence-corrected chi connectivity index (χ3v) is 0.979. The maximum atomic E-state index is 10.4. The number of aromatic nitrogens is 2. The van der Waals surface area contributed by atoms with Crippen molar-refractivity contribution in [2.24, 2.45) is 0 Å². The van der Waals surface area contributed by atoms with E-state index in [2.05, 4.69) is 9.79 Å². The largest absolute Gasteiger partial charge is 0.387 e. The van der Waals surface area contributed by atoms with Gasteiger partial charge in [-0.25, -0.2) is 0 Å². The lowest BCUT2D eigenvalue weighted by atomic mass is 10.4. The van der Waals surface area contributed by atoms with Crippen molar-refractivity contribution in [2.75, 3.05) is 0 Å². The van der Waals surface area contributed by atoms with E-state index in [0.29, 0.717) is 0 Å². The van der Waals surface area contributed by atoms with Gasteiger partial charge in [-0.15, -0.1) is 0 Å². The monoisotopic (exact) mass is 144 g/mol. The molecule has 1 N–H and O–H groups in total. The molecule has 0 atom stereocenters. The molecule has 0 spiro atoms. The van der Waals surface area contributed by atoms with Crippen LogP contribution in [-0.4, -0.2) is 16.5 Å². The number of carbonyl (C=O) groups excluding carboxylic acids is 1. The second-order valence-electron chi connectivity index (χ2n) is 1.54. The lowest BCUT2D eigenvalue weighted by Gasteiger charge is -1.82. The van der Waals surface area contributed by atoms with Crippen LogP contribution in [0.4, 0.5) is 0 Å². The van der Waals surface area contributed by atoms with E-state index in [4.69, 9.17) is 5.11 Å². The van der Waals surface area contributed by atoms with Gasteiger partial charge in [-0.05, 0) is 4.90 Å². The Morgan fingerprint density at radius 1 is 1.90 bits per heavy atom. The Labute approximate surface area is 55.2 Å². The Balaban J connectivity index is 3.12. The summed E-state index contributed by atoms with van der Waals surface area (Å²) in [7, 11) is 0. The minimum Gasteiger partial charge on any atom is -0.387 e. The molecule has 0 aliphatic rings. The van der Waals surface area contributed by atoms with Crippen molar-refractivity contribution < 1.29 is 19.4 Å². The normalized spacial score (nSPS) is 9.70. The number of nitrogens with zero attached hydrogens (tertiary/aromatic N) is 2. The summed E-state index contributed by atoms with van der Waals surface area (Å²) in [6.45, 7) is -0.479. The average molecular weight is 144 g/mol. The first-order chi connectivity index (χ1) is 4.79. The van der Waals surface area contributed by atoms with Gasteiger partial charge >= 0.3 is 0 Å². The average Bonchev–Trinajstić information content (AvgIpc) is 2.30. The molecule has 1 aromatic rings. The van der Waals surface area contributed by atoms with Gasteiger partial charge in [0.2, 0.25) is 0 Å². The maximum Gasteiger partial charge on any atom is 0.263 e. The van der Waals surface area contributed by atoms with Gasteiger partial charge in [-0.2, -0.15) is 0 Å². The van der Waals surface area contributed by atoms with Crippen molar-refractivity contribution in [3.05, 3.63) is 16.6 Å². The summed E-state index contributed by atoms with van der Waals surface area (Å²) < 4.78 is 4.00. The van der Waals surface area contributed by atoms with E-state index >= 15 is 0 Å². The van der Waals surface area contributed by atoms with Crippen molar-refractivity contribution in [3.8, 4) is 0 Å². The smallest absolute Gasteiger partial charge is 0.263 e. The van der Waals surface area contributed by atoms with Gasteiger partial charge < -0.3 is 10.3 Å². The van der Waals surface area contributed by atoms with Crippen molar-refractivity contribution in [1.82, 2.24) is 5.16 Å². The number of aldehydes is 1. The van der Waals surface area contributed by atoms with E-state index in [-0.39, 0.29) is 22.6 Å². The maximum absolute atomic E-state index is 10.4. The van der Waals surface area contributed by atoms with Crippen molar-refractivity contribution in [2.45, 2.75) is 6.61 Å². The van der Waals surface area contributed by atoms with Crippen LogP contribution in [-0.2, 0) is 6.61 Å². The molecular formula is C4H4N2O4. The fourth-order valence-electron chi connectivity index (χ4n) is 0.503. The van der Waals surface area contributed by atoms with E-state index in [0.717, 1.165) is 0 Å². The van der Waals surface area contributed by atoms with Crippen LogP contribution in [0.25, 0.3) is 0 Å². The highest BCUT2D eigenvalue weighted by Crippen LogP contribution is 1.95. The van der Waals surface area contributed by atoms with Gasteiger partial charge in [0.1, 0.15) is 6.61 Å². The van der Waals surface area contributed by atoms with Crippen LogP contribution < -0.4 is 4.90 Å². The van der Waals surface area contributed by atoms with E-state index < -0.39 is 6.61 Å². The van der Waals surface area contributed by atoms with E-state index in [9.17, 15) is 10.0 Å². The van der Waals surface area contributed by atoms with Crippen molar-refractivity contribution in [3.63, 3.8) is 0 Å². The SMILES string of the molecule is O=Cc1c(CO)no[n+]1[O-]. The van der Waals surface area contributed by atoms with Crippen LogP contribution in [0.3, 0.4) is 0 Å². The van der Waals surface area contributed by atoms with Crippen LogP contribution in [0, 0.1) is 5.21 Å². The molecular weight excluding hydrogens is 140 g/mol. The zero-order chi connectivity index (χ0) is 7.56. The van der Waals surface area contributed by atoms with Gasteiger partial charge in [0.15, 0.2) is 6.29 Å². The van der Waals surface area contributed by atoms with Gasteiger partial charge in [-0.3, -0.25) is 9.42 Å². The van der Waals surface area contributed by atoms with Crippen LogP contribution in [0.2, 0.25) is 0 Å². The topological polar surface area (TPSA) is 90.3 Å². The van der Waals surface area contributed by atoms with Crippen LogP contribution in [0.15, 0.2) is 4.63 Å². The molecule has 10 heavy (non-hydrogen) atoms. The molecule has 0 bridgehead atoms. The summed E-state index contributed by atoms with van der Waals surface area (Å²) in [4.78, 5) is 9.98. The second-order valence-corrected chi connectivity index (χ2v) is 1.54. The molecule has 1 rings (SSSR count). The van der Waals surface area contributed by atoms with Gasteiger partial charge in [0.05, 0.1) is 0 Å². The van der Waals surface area contributed by atoms with E-state index in [1.54, 1.807) is 0 Å². The quantitative estimate of drug-likeness (QED) is 0.407. The molecule has 0 aliphatic carbocycles. The predicted octanol–water partition coefficient (Wildman–Crippen LogP) is -1.39. The Morgan fingerprint density at radius 3 is 3.00 bits per heavy atom. The fraction of sp³-hybridized carbons (Fsp3) is 0.250. The molecule has 1 heterocycles. The highest BCUT2D eigenvalue weighted by atomic mass is 16.8. The summed E-state index contributed by atoms with van der Waals surface area (Å²) >= 11 is 0. The summed E-state index contributed by atoms with van der Waals surface area (Å²) in [6.07, 6.45) is 0.273. The number of aliphatic hydroxyl groups is 1. The van der Waals surface area contributed by atoms with Crippen LogP contribution in [0.5, 0.6) is 0 Å². The molecule has 0 radical (unpaired) electrons. The Hall–Kier alpha value is -1.43. The Kier molecular flexibility index (Phi) is 1.63. The van der Waals surface area contributed by atoms with Crippen LogP contribution >= 0.6 is 0 Å². The highest BCUT2D eigenvalue weighted by Gasteiger charge is 2.15. The van der Waals surface area contributed by atoms with E-state index in [1.807, 2.05) is 0 Å². The number of rotatable bonds is 2. The number of aliphatic hydroxyl groups excluding tert-OH is 1. The summed E-state index contributed by atoms with van der Waals surface area (Å²) in [5.74, 6) is 0. The third kappa shape index (κ3) is 0.841. The lowest BCUT2D eigenvalue weighted by Crippen LogP contribution is -2.28. The minimum atomic E-state index is -0.479. The third-order valence-electron chi connectivity index (χ3n) is 0.979. The number of hydrogen-bond donors (Lipinski definition) is 1. The molecule has 0 aliphatic heterocycles. The number of hydrogen-bond acceptors (Lipinski definition) is 5. The van der Waals surface area contributed by atoms with Gasteiger partial charge in [0.25, 0.3) is 11.4 Å². The van der Waals surface area contributed by atoms with Gasteiger partial charge in [0, 0.05) is 5.16 Å². The van der Waals surface area contributed by atoms with E-state index in [1.165, 1.54) is 0 Å². The van der Waals surface area contributed by atoms with Crippen molar-refractivity contribution in [1.29, 1.82) is 0 Å². The minimum absolute atomic E-state index is 0.0509. The first-order valence-electron chi connectivity index (χ1n) is 2.44. The molecule has 0 amide bonds. The lowest BCUT2D eigenvalue weighted by molar-refractivity contribution is -0.803. The molecule has 6 heteroatoms. The summed E-state index contributed by atoms with van der Waals surface area (Å²) in [5, 5.41) is 21.9. The predicted molar refractivity (Wildman–Crippen MR) is 26.8 cm³/mol. The number of carbonyl (C=O) groups is 1. The van der Waals surface area contributed by atoms with Gasteiger partial charge in [-0.1, -0.05) is 0 Å². The Morgan fingerprint density at radius 2 is 2.60 bits per heavy atom. The van der Waals surface area contributed by atoms with Crippen molar-refractivity contribution >= 4 is 6.29 Å². The van der Waals surface area contributed by atoms with Crippen LogP contribution in [0.1, 0.15) is 16.2 Å².